The molecule has 0 unspecified atom stereocenters. The van der Waals surface area contributed by atoms with Crippen LogP contribution in [0.5, 0.6) is 0 Å². The third-order valence-electron chi connectivity index (χ3n) is 5.65. The third kappa shape index (κ3) is 3.14. The van der Waals surface area contributed by atoms with Crippen molar-refractivity contribution in [3.05, 3.63) is 62.5 Å². The number of aryl methyl sites for hydroxylation is 2. The second-order valence-corrected chi connectivity index (χ2v) is 8.62. The molecule has 1 aliphatic rings. The fourth-order valence-electron chi connectivity index (χ4n) is 3.91. The van der Waals surface area contributed by atoms with Crippen LogP contribution in [0.3, 0.4) is 0 Å². The first-order chi connectivity index (χ1) is 13.4. The van der Waals surface area contributed by atoms with Gasteiger partial charge in [-0.1, -0.05) is 24.3 Å². The van der Waals surface area contributed by atoms with Crippen LogP contribution in [0.1, 0.15) is 26.4 Å². The van der Waals surface area contributed by atoms with Crippen LogP contribution < -0.4 is 5.56 Å². The maximum Gasteiger partial charge on any atom is 0.264 e. The van der Waals surface area contributed by atoms with E-state index in [2.05, 4.69) is 41.2 Å². The van der Waals surface area contributed by atoms with Gasteiger partial charge in [0.2, 0.25) is 0 Å². The van der Waals surface area contributed by atoms with Crippen molar-refractivity contribution >= 4 is 27.5 Å². The van der Waals surface area contributed by atoms with Gasteiger partial charge >= 0.3 is 0 Å². The number of aromatic nitrogens is 2. The molecular formula is C21H24N4O2S. The topological polar surface area (TPSA) is 58.4 Å². The van der Waals surface area contributed by atoms with Crippen LogP contribution >= 0.6 is 11.3 Å². The summed E-state index contributed by atoms with van der Waals surface area (Å²) in [7, 11) is 5.62. The van der Waals surface area contributed by atoms with E-state index in [0.717, 1.165) is 18.5 Å². The Labute approximate surface area is 168 Å². The van der Waals surface area contributed by atoms with Crippen LogP contribution in [0.4, 0.5) is 0 Å². The van der Waals surface area contributed by atoms with Crippen molar-refractivity contribution in [2.45, 2.75) is 25.9 Å². The minimum Gasteiger partial charge on any atom is -0.339 e. The van der Waals surface area contributed by atoms with Gasteiger partial charge in [0, 0.05) is 33.2 Å². The predicted octanol–water partition coefficient (Wildman–Crippen LogP) is 2.43. The quantitative estimate of drug-likeness (QED) is 0.682. The number of amides is 1. The number of rotatable bonds is 3. The number of fused-ring (bicyclic) bond motifs is 2. The van der Waals surface area contributed by atoms with Crippen molar-refractivity contribution in [1.29, 1.82) is 0 Å². The first kappa shape index (κ1) is 18.8. The second-order valence-electron chi connectivity index (χ2n) is 7.62. The Hall–Kier alpha value is -2.51. The zero-order valence-electron chi connectivity index (χ0n) is 16.6. The van der Waals surface area contributed by atoms with Crippen molar-refractivity contribution < 1.29 is 4.79 Å². The minimum atomic E-state index is -0.107. The highest BCUT2D eigenvalue weighted by atomic mass is 32.1. The SMILES string of the molecule is Cc1c(C(=O)N(C)C[C@@H]2Cc3ccccc3CN2C)sc2ncn(C)c(=O)c12. The molecule has 0 saturated carbocycles. The van der Waals surface area contributed by atoms with E-state index >= 15 is 0 Å². The molecule has 0 N–H and O–H groups in total. The minimum absolute atomic E-state index is 0.0465. The highest BCUT2D eigenvalue weighted by Gasteiger charge is 2.27. The van der Waals surface area contributed by atoms with Gasteiger partial charge < -0.3 is 9.47 Å². The van der Waals surface area contributed by atoms with E-state index in [1.807, 2.05) is 14.0 Å². The number of likely N-dealkylation sites (N-methyl/N-ethyl adjacent to an activating group) is 2. The fraction of sp³-hybridized carbons (Fsp3) is 0.381. The molecule has 2 aromatic heterocycles. The van der Waals surface area contributed by atoms with E-state index in [1.54, 1.807) is 11.9 Å². The Balaban J connectivity index is 1.58. The van der Waals surface area contributed by atoms with Crippen LogP contribution in [0.25, 0.3) is 10.2 Å². The number of thiophene rings is 1. The molecule has 0 spiro atoms. The van der Waals surface area contributed by atoms with Gasteiger partial charge in [0.15, 0.2) is 0 Å². The number of hydrogen-bond donors (Lipinski definition) is 0. The predicted molar refractivity (Wildman–Crippen MR) is 112 cm³/mol. The summed E-state index contributed by atoms with van der Waals surface area (Å²) in [5, 5.41) is 0.551. The standard InChI is InChI=1S/C21H24N4O2S/c1-13-17-19(22-12-25(4)20(17)26)28-18(13)21(27)24(3)11-16-9-14-7-5-6-8-15(14)10-23(16)2/h5-8,12,16H,9-11H2,1-4H3/t16-/m0/s1. The van der Waals surface area contributed by atoms with Crippen LogP contribution in [0.15, 0.2) is 35.4 Å². The normalized spacial score (nSPS) is 16.9. The van der Waals surface area contributed by atoms with Gasteiger partial charge in [-0.3, -0.25) is 14.5 Å². The van der Waals surface area contributed by atoms with Crippen LogP contribution in [-0.4, -0.2) is 51.9 Å². The molecule has 7 heteroatoms. The molecular weight excluding hydrogens is 372 g/mol. The summed E-state index contributed by atoms with van der Waals surface area (Å²) >= 11 is 1.31. The number of carbonyl (C=O) groups excluding carboxylic acids is 1. The lowest BCUT2D eigenvalue weighted by Gasteiger charge is -2.36. The summed E-state index contributed by atoms with van der Waals surface area (Å²) < 4.78 is 1.45. The van der Waals surface area contributed by atoms with Gasteiger partial charge in [0.05, 0.1) is 16.6 Å². The summed E-state index contributed by atoms with van der Waals surface area (Å²) in [6.45, 7) is 3.37. The number of nitrogens with zero attached hydrogens (tertiary/aromatic N) is 4. The Kier molecular flexibility index (Phi) is 4.81. The molecule has 0 fully saturated rings. The lowest BCUT2D eigenvalue weighted by atomic mass is 9.94. The van der Waals surface area contributed by atoms with E-state index in [1.165, 1.54) is 33.4 Å². The van der Waals surface area contributed by atoms with Gasteiger partial charge in [0.1, 0.15) is 4.83 Å². The summed E-state index contributed by atoms with van der Waals surface area (Å²) in [5.41, 5.74) is 3.34. The van der Waals surface area contributed by atoms with Crippen LogP contribution in [0, 0.1) is 6.92 Å². The fourth-order valence-corrected chi connectivity index (χ4v) is 5.04. The molecule has 1 amide bonds. The Morgan fingerprint density at radius 2 is 2.00 bits per heavy atom. The van der Waals surface area contributed by atoms with Gasteiger partial charge in [-0.15, -0.1) is 11.3 Å². The maximum absolute atomic E-state index is 13.1. The lowest BCUT2D eigenvalue weighted by molar-refractivity contribution is 0.0737. The first-order valence-corrected chi connectivity index (χ1v) is 10.2. The molecule has 6 nitrogen and oxygen atoms in total. The highest BCUT2D eigenvalue weighted by Crippen LogP contribution is 2.28. The molecule has 1 aromatic carbocycles. The molecule has 0 aliphatic carbocycles. The zero-order chi connectivity index (χ0) is 20.0. The van der Waals surface area contributed by atoms with Crippen LogP contribution in [-0.2, 0) is 20.0 Å². The molecule has 0 radical (unpaired) electrons. The summed E-state index contributed by atoms with van der Waals surface area (Å²) in [6.07, 6.45) is 2.44. The number of hydrogen-bond acceptors (Lipinski definition) is 5. The Bertz CT molecular complexity index is 1120. The molecule has 3 heterocycles. The number of benzene rings is 1. The summed E-state index contributed by atoms with van der Waals surface area (Å²) in [6, 6.07) is 8.76. The van der Waals surface area contributed by atoms with E-state index in [-0.39, 0.29) is 17.5 Å². The maximum atomic E-state index is 13.1. The van der Waals surface area contributed by atoms with E-state index in [0.29, 0.717) is 21.6 Å². The van der Waals surface area contributed by atoms with E-state index in [9.17, 15) is 9.59 Å². The van der Waals surface area contributed by atoms with E-state index in [4.69, 9.17) is 0 Å². The molecule has 0 saturated heterocycles. The summed E-state index contributed by atoms with van der Waals surface area (Å²) in [4.78, 5) is 35.2. The zero-order valence-corrected chi connectivity index (χ0v) is 17.4. The monoisotopic (exact) mass is 396 g/mol. The molecule has 3 aromatic rings. The van der Waals surface area contributed by atoms with Crippen molar-refractivity contribution in [2.75, 3.05) is 20.6 Å². The van der Waals surface area contributed by atoms with Crippen LogP contribution in [0.2, 0.25) is 0 Å². The Morgan fingerprint density at radius 1 is 1.29 bits per heavy atom. The van der Waals surface area contributed by atoms with Gasteiger partial charge in [0.25, 0.3) is 11.5 Å². The number of carbonyl (C=O) groups is 1. The van der Waals surface area contributed by atoms with Gasteiger partial charge in [-0.2, -0.15) is 0 Å². The Morgan fingerprint density at radius 3 is 2.75 bits per heavy atom. The molecule has 1 aliphatic heterocycles. The van der Waals surface area contributed by atoms with Crippen molar-refractivity contribution in [1.82, 2.24) is 19.4 Å². The molecule has 146 valence electrons. The summed E-state index contributed by atoms with van der Waals surface area (Å²) in [5.74, 6) is -0.0465. The molecule has 28 heavy (non-hydrogen) atoms. The van der Waals surface area contributed by atoms with E-state index < -0.39 is 0 Å². The molecule has 1 atom stereocenters. The smallest absolute Gasteiger partial charge is 0.264 e. The molecule has 0 bridgehead atoms. The molecule has 4 rings (SSSR count). The van der Waals surface area contributed by atoms with Gasteiger partial charge in [-0.05, 0) is 37.1 Å². The largest absolute Gasteiger partial charge is 0.339 e. The lowest BCUT2D eigenvalue weighted by Crippen LogP contribution is -2.46. The van der Waals surface area contributed by atoms with Crippen molar-refractivity contribution in [3.8, 4) is 0 Å². The van der Waals surface area contributed by atoms with Gasteiger partial charge in [-0.25, -0.2) is 4.98 Å². The van der Waals surface area contributed by atoms with Crippen molar-refractivity contribution in [3.63, 3.8) is 0 Å². The highest BCUT2D eigenvalue weighted by molar-refractivity contribution is 7.20. The average Bonchev–Trinajstić information content (AvgIpc) is 3.01. The third-order valence-corrected chi connectivity index (χ3v) is 6.84. The second kappa shape index (κ2) is 7.14. The first-order valence-electron chi connectivity index (χ1n) is 9.34. The van der Waals surface area contributed by atoms with Crippen molar-refractivity contribution in [2.24, 2.45) is 7.05 Å². The average molecular weight is 397 g/mol.